The van der Waals surface area contributed by atoms with Gasteiger partial charge in [-0.2, -0.15) is 0 Å². The second-order valence-corrected chi connectivity index (χ2v) is 5.35. The minimum atomic E-state index is -1.61. The minimum absolute atomic E-state index is 0.160. The monoisotopic (exact) mass is 312 g/mol. The number of halogens is 3. The summed E-state index contributed by atoms with van der Waals surface area (Å²) in [7, 11) is 0. The molecular formula is C16H15F3O3. The van der Waals surface area contributed by atoms with Gasteiger partial charge in [-0.05, 0) is 49.8 Å². The number of hydrogen-bond donors (Lipinski definition) is 0. The van der Waals surface area contributed by atoms with Crippen LogP contribution < -0.4 is 0 Å². The number of carbonyl (C=O) groups excluding carboxylic acids is 2. The first-order valence-electron chi connectivity index (χ1n) is 6.85. The van der Waals surface area contributed by atoms with E-state index in [1.54, 1.807) is 0 Å². The fourth-order valence-corrected chi connectivity index (χ4v) is 1.98. The number of ketones is 1. The Bertz CT molecular complexity index is 661. The summed E-state index contributed by atoms with van der Waals surface area (Å²) in [5.41, 5.74) is -0.612. The van der Waals surface area contributed by atoms with Gasteiger partial charge in [0, 0.05) is 11.6 Å². The first kappa shape index (κ1) is 16.3. The second kappa shape index (κ2) is 6.34. The molecule has 1 aromatic carbocycles. The van der Waals surface area contributed by atoms with E-state index in [2.05, 4.69) is 0 Å². The molecule has 1 fully saturated rings. The van der Waals surface area contributed by atoms with Crippen LogP contribution in [0.4, 0.5) is 13.2 Å². The number of esters is 1. The van der Waals surface area contributed by atoms with Crippen LogP contribution in [-0.2, 0) is 14.3 Å². The van der Waals surface area contributed by atoms with Crippen molar-refractivity contribution in [2.75, 3.05) is 6.61 Å². The van der Waals surface area contributed by atoms with E-state index >= 15 is 0 Å². The van der Waals surface area contributed by atoms with Crippen molar-refractivity contribution >= 4 is 17.3 Å². The van der Waals surface area contributed by atoms with Crippen LogP contribution in [0, 0.1) is 30.3 Å². The van der Waals surface area contributed by atoms with E-state index in [9.17, 15) is 22.8 Å². The van der Waals surface area contributed by atoms with E-state index in [0.717, 1.165) is 25.8 Å². The molecule has 0 saturated heterocycles. The third-order valence-corrected chi connectivity index (χ3v) is 3.50. The smallest absolute Gasteiger partial charge is 0.331 e. The van der Waals surface area contributed by atoms with Gasteiger partial charge in [0.2, 0.25) is 0 Å². The van der Waals surface area contributed by atoms with E-state index in [1.807, 2.05) is 0 Å². The highest BCUT2D eigenvalue weighted by Crippen LogP contribution is 2.29. The van der Waals surface area contributed by atoms with Gasteiger partial charge in [-0.25, -0.2) is 18.0 Å². The van der Waals surface area contributed by atoms with Crippen LogP contribution in [0.3, 0.4) is 0 Å². The van der Waals surface area contributed by atoms with Gasteiger partial charge in [0.15, 0.2) is 23.2 Å². The molecule has 0 spiro atoms. The molecule has 0 heterocycles. The number of carbonyl (C=O) groups is 2. The zero-order valence-corrected chi connectivity index (χ0v) is 12.2. The average Bonchev–Trinajstić information content (AvgIpc) is 3.28. The van der Waals surface area contributed by atoms with Crippen molar-refractivity contribution in [3.8, 4) is 0 Å². The molecule has 0 aliphatic heterocycles. The fourth-order valence-electron chi connectivity index (χ4n) is 1.98. The van der Waals surface area contributed by atoms with Gasteiger partial charge in [0.05, 0.1) is 6.61 Å². The SMILES string of the molecule is CC(=O)C(=CC(=O)OCC1CC1)c1cc(F)c(F)c(F)c1C. The lowest BCUT2D eigenvalue weighted by atomic mass is 9.96. The summed E-state index contributed by atoms with van der Waals surface area (Å²) in [5.74, 6) is -5.40. The van der Waals surface area contributed by atoms with Crippen LogP contribution in [-0.4, -0.2) is 18.4 Å². The molecule has 0 radical (unpaired) electrons. The van der Waals surface area contributed by atoms with E-state index in [-0.39, 0.29) is 23.3 Å². The van der Waals surface area contributed by atoms with Crippen molar-refractivity contribution in [3.05, 3.63) is 40.7 Å². The van der Waals surface area contributed by atoms with Gasteiger partial charge in [-0.1, -0.05) is 0 Å². The Morgan fingerprint density at radius 3 is 2.45 bits per heavy atom. The predicted molar refractivity (Wildman–Crippen MR) is 73.4 cm³/mol. The zero-order chi connectivity index (χ0) is 16.4. The first-order valence-corrected chi connectivity index (χ1v) is 6.85. The maximum absolute atomic E-state index is 13.6. The summed E-state index contributed by atoms with van der Waals surface area (Å²) in [6.45, 7) is 2.61. The Balaban J connectivity index is 2.35. The van der Waals surface area contributed by atoms with Crippen LogP contribution in [0.25, 0.3) is 5.57 Å². The standard InChI is InChI=1S/C16H15F3O3/c1-8-11(5-13(17)16(19)15(8)18)12(9(2)20)6-14(21)22-7-10-3-4-10/h5-6,10H,3-4,7H2,1-2H3. The van der Waals surface area contributed by atoms with Crippen molar-refractivity contribution in [1.29, 1.82) is 0 Å². The molecule has 1 aliphatic carbocycles. The van der Waals surface area contributed by atoms with Gasteiger partial charge in [-0.3, -0.25) is 4.79 Å². The molecule has 0 aromatic heterocycles. The maximum Gasteiger partial charge on any atom is 0.331 e. The van der Waals surface area contributed by atoms with E-state index < -0.39 is 29.2 Å². The number of benzene rings is 1. The van der Waals surface area contributed by atoms with Crippen molar-refractivity contribution in [3.63, 3.8) is 0 Å². The average molecular weight is 312 g/mol. The normalized spacial score (nSPS) is 14.9. The predicted octanol–water partition coefficient (Wildman–Crippen LogP) is 3.34. The number of ether oxygens (including phenoxy) is 1. The molecule has 118 valence electrons. The largest absolute Gasteiger partial charge is 0.462 e. The molecule has 1 aliphatic rings. The highest BCUT2D eigenvalue weighted by atomic mass is 19.2. The highest BCUT2D eigenvalue weighted by molar-refractivity contribution is 6.23. The molecule has 1 saturated carbocycles. The summed E-state index contributed by atoms with van der Waals surface area (Å²) in [4.78, 5) is 23.4. The third-order valence-electron chi connectivity index (χ3n) is 3.50. The Labute approximate surface area is 125 Å². The summed E-state index contributed by atoms with van der Waals surface area (Å²) in [5, 5.41) is 0. The molecule has 0 unspecified atom stereocenters. The van der Waals surface area contributed by atoms with Crippen LogP contribution in [0.15, 0.2) is 12.1 Å². The molecule has 1 aromatic rings. The van der Waals surface area contributed by atoms with Gasteiger partial charge in [-0.15, -0.1) is 0 Å². The lowest BCUT2D eigenvalue weighted by molar-refractivity contribution is -0.138. The minimum Gasteiger partial charge on any atom is -0.462 e. The van der Waals surface area contributed by atoms with Crippen LogP contribution in [0.2, 0.25) is 0 Å². The Hall–Kier alpha value is -2.11. The Morgan fingerprint density at radius 1 is 1.27 bits per heavy atom. The van der Waals surface area contributed by atoms with Gasteiger partial charge in [0.1, 0.15) is 0 Å². The number of Topliss-reactive ketones (excluding diaryl/α,β-unsaturated/α-hetero) is 1. The van der Waals surface area contributed by atoms with Gasteiger partial charge in [0.25, 0.3) is 0 Å². The van der Waals surface area contributed by atoms with Gasteiger partial charge < -0.3 is 4.74 Å². The lowest BCUT2D eigenvalue weighted by Gasteiger charge is -2.10. The lowest BCUT2D eigenvalue weighted by Crippen LogP contribution is -2.09. The molecule has 2 rings (SSSR count). The molecular weight excluding hydrogens is 297 g/mol. The van der Waals surface area contributed by atoms with Crippen molar-refractivity contribution in [2.45, 2.75) is 26.7 Å². The molecule has 3 nitrogen and oxygen atoms in total. The first-order chi connectivity index (χ1) is 10.3. The van der Waals surface area contributed by atoms with E-state index in [0.29, 0.717) is 12.0 Å². The van der Waals surface area contributed by atoms with Crippen molar-refractivity contribution < 1.29 is 27.5 Å². The molecule has 0 bridgehead atoms. The summed E-state index contributed by atoms with van der Waals surface area (Å²) >= 11 is 0. The number of hydrogen-bond acceptors (Lipinski definition) is 3. The highest BCUT2D eigenvalue weighted by Gasteiger charge is 2.24. The third kappa shape index (κ3) is 3.55. The molecule has 22 heavy (non-hydrogen) atoms. The maximum atomic E-state index is 13.6. The van der Waals surface area contributed by atoms with Crippen molar-refractivity contribution in [1.82, 2.24) is 0 Å². The summed E-state index contributed by atoms with van der Waals surface area (Å²) < 4.78 is 45.1. The molecule has 0 N–H and O–H groups in total. The molecule has 0 amide bonds. The summed E-state index contributed by atoms with van der Waals surface area (Å²) in [6, 6.07) is 0.704. The Kier molecular flexibility index (Phi) is 4.68. The fraction of sp³-hybridized carbons (Fsp3) is 0.375. The molecule has 6 heteroatoms. The van der Waals surface area contributed by atoms with E-state index in [4.69, 9.17) is 4.74 Å². The second-order valence-electron chi connectivity index (χ2n) is 5.35. The topological polar surface area (TPSA) is 43.4 Å². The van der Waals surface area contributed by atoms with E-state index in [1.165, 1.54) is 6.92 Å². The zero-order valence-electron chi connectivity index (χ0n) is 12.2. The Morgan fingerprint density at radius 2 is 1.91 bits per heavy atom. The summed E-state index contributed by atoms with van der Waals surface area (Å²) in [6.07, 6.45) is 2.87. The van der Waals surface area contributed by atoms with Crippen molar-refractivity contribution in [2.24, 2.45) is 5.92 Å². The van der Waals surface area contributed by atoms with Crippen LogP contribution >= 0.6 is 0 Å². The quantitative estimate of drug-likeness (QED) is 0.476. The van der Waals surface area contributed by atoms with Crippen LogP contribution in [0.5, 0.6) is 0 Å². The number of allylic oxidation sites excluding steroid dienone is 1. The van der Waals surface area contributed by atoms with Gasteiger partial charge >= 0.3 is 5.97 Å². The number of rotatable bonds is 5. The molecule has 0 atom stereocenters. The van der Waals surface area contributed by atoms with Crippen LogP contribution in [0.1, 0.15) is 30.9 Å².